The monoisotopic (exact) mass is 352 g/mol. The number of benzene rings is 2. The fourth-order valence-corrected chi connectivity index (χ4v) is 2.58. The molecule has 3 aromatic rings. The largest absolute Gasteiger partial charge is 0.483 e. The van der Waals surface area contributed by atoms with Gasteiger partial charge >= 0.3 is 0 Å². The third-order valence-electron chi connectivity index (χ3n) is 2.70. The fourth-order valence-electron chi connectivity index (χ4n) is 1.79. The lowest BCUT2D eigenvalue weighted by Gasteiger charge is -2.05. The molecular weight excluding hydrogens is 344 g/mol. The minimum Gasteiger partial charge on any atom is -0.483 e. The van der Waals surface area contributed by atoms with E-state index in [1.807, 2.05) is 0 Å². The molecule has 20 heavy (non-hydrogen) atoms. The summed E-state index contributed by atoms with van der Waals surface area (Å²) in [6.45, 7) is 0.231. The molecule has 0 saturated carbocycles. The number of oxazole rings is 1. The van der Waals surface area contributed by atoms with Gasteiger partial charge in [-0.05, 0) is 52.3 Å². The standard InChI is InChI=1S/C14H10BrClN2O2/c15-10-5-8(16)1-3-12(10)19-7-14-18-11-6-9(17)2-4-13(11)20-14/h1-6H,7,17H2. The first kappa shape index (κ1) is 13.3. The molecule has 0 aliphatic carbocycles. The number of hydrogen-bond donors (Lipinski definition) is 1. The Morgan fingerprint density at radius 3 is 2.90 bits per heavy atom. The van der Waals surface area contributed by atoms with E-state index in [0.717, 1.165) is 9.99 Å². The molecule has 0 amide bonds. The van der Waals surface area contributed by atoms with Gasteiger partial charge in [0.15, 0.2) is 12.2 Å². The summed E-state index contributed by atoms with van der Waals surface area (Å²) in [4.78, 5) is 4.32. The van der Waals surface area contributed by atoms with Crippen molar-refractivity contribution in [2.75, 3.05) is 5.73 Å². The summed E-state index contributed by atoms with van der Waals surface area (Å²) < 4.78 is 12.0. The molecule has 0 aliphatic heterocycles. The molecule has 0 saturated heterocycles. The Morgan fingerprint density at radius 1 is 1.25 bits per heavy atom. The summed E-state index contributed by atoms with van der Waals surface area (Å²) in [6.07, 6.45) is 0. The highest BCUT2D eigenvalue weighted by Crippen LogP contribution is 2.29. The molecule has 102 valence electrons. The number of ether oxygens (including phenoxy) is 1. The molecule has 0 atom stereocenters. The summed E-state index contributed by atoms with van der Waals surface area (Å²) in [7, 11) is 0. The van der Waals surface area contributed by atoms with Crippen molar-refractivity contribution >= 4 is 44.3 Å². The lowest BCUT2D eigenvalue weighted by Crippen LogP contribution is -1.96. The highest BCUT2D eigenvalue weighted by atomic mass is 79.9. The third-order valence-corrected chi connectivity index (χ3v) is 3.56. The third kappa shape index (κ3) is 2.73. The van der Waals surface area contributed by atoms with Gasteiger partial charge in [0.25, 0.3) is 0 Å². The lowest BCUT2D eigenvalue weighted by atomic mass is 10.3. The molecule has 1 aromatic heterocycles. The molecule has 3 rings (SSSR count). The van der Waals surface area contributed by atoms with E-state index in [4.69, 9.17) is 26.5 Å². The van der Waals surface area contributed by atoms with Crippen LogP contribution in [0.1, 0.15) is 5.89 Å². The Morgan fingerprint density at radius 2 is 2.10 bits per heavy atom. The Bertz CT molecular complexity index is 773. The predicted molar refractivity (Wildman–Crippen MR) is 81.9 cm³/mol. The van der Waals surface area contributed by atoms with Crippen LogP contribution >= 0.6 is 27.5 Å². The van der Waals surface area contributed by atoms with Crippen molar-refractivity contribution in [2.45, 2.75) is 6.61 Å². The van der Waals surface area contributed by atoms with Crippen molar-refractivity contribution < 1.29 is 9.15 Å². The van der Waals surface area contributed by atoms with E-state index in [-0.39, 0.29) is 6.61 Å². The molecule has 2 aromatic carbocycles. The number of nitrogens with zero attached hydrogens (tertiary/aromatic N) is 1. The molecule has 0 radical (unpaired) electrons. The van der Waals surface area contributed by atoms with Gasteiger partial charge in [0, 0.05) is 10.7 Å². The first-order valence-electron chi connectivity index (χ1n) is 5.84. The van der Waals surface area contributed by atoms with Crippen LogP contribution in [-0.4, -0.2) is 4.98 Å². The van der Waals surface area contributed by atoms with Gasteiger partial charge in [-0.3, -0.25) is 0 Å². The molecule has 6 heteroatoms. The zero-order chi connectivity index (χ0) is 14.1. The molecule has 0 spiro atoms. The number of halogens is 2. The molecule has 0 aliphatic rings. The highest BCUT2D eigenvalue weighted by Gasteiger charge is 2.08. The predicted octanol–water partition coefficient (Wildman–Crippen LogP) is 4.40. The van der Waals surface area contributed by atoms with Crippen molar-refractivity contribution in [1.29, 1.82) is 0 Å². The van der Waals surface area contributed by atoms with Gasteiger partial charge in [-0.1, -0.05) is 11.6 Å². The van der Waals surface area contributed by atoms with Crippen LogP contribution in [0.3, 0.4) is 0 Å². The van der Waals surface area contributed by atoms with E-state index in [0.29, 0.717) is 27.9 Å². The lowest BCUT2D eigenvalue weighted by molar-refractivity contribution is 0.265. The van der Waals surface area contributed by atoms with Crippen LogP contribution in [0.25, 0.3) is 11.1 Å². The Balaban J connectivity index is 1.79. The van der Waals surface area contributed by atoms with Gasteiger partial charge in [-0.2, -0.15) is 0 Å². The second-order valence-corrected chi connectivity index (χ2v) is 5.49. The summed E-state index contributed by atoms with van der Waals surface area (Å²) in [5.74, 6) is 1.17. The maximum Gasteiger partial charge on any atom is 0.233 e. The number of anilines is 1. The van der Waals surface area contributed by atoms with E-state index in [2.05, 4.69) is 20.9 Å². The van der Waals surface area contributed by atoms with Crippen LogP contribution in [0.4, 0.5) is 5.69 Å². The van der Waals surface area contributed by atoms with E-state index < -0.39 is 0 Å². The number of fused-ring (bicyclic) bond motifs is 1. The van der Waals surface area contributed by atoms with E-state index in [1.54, 1.807) is 36.4 Å². The van der Waals surface area contributed by atoms with Crippen LogP contribution in [0.15, 0.2) is 45.3 Å². The normalized spacial score (nSPS) is 10.9. The Kier molecular flexibility index (Phi) is 3.54. The minimum absolute atomic E-state index is 0.231. The number of nitrogens with two attached hydrogens (primary N) is 1. The van der Waals surface area contributed by atoms with Crippen molar-refractivity contribution in [3.8, 4) is 5.75 Å². The van der Waals surface area contributed by atoms with Crippen LogP contribution in [-0.2, 0) is 6.61 Å². The molecule has 0 unspecified atom stereocenters. The smallest absolute Gasteiger partial charge is 0.233 e. The average Bonchev–Trinajstić information content (AvgIpc) is 2.79. The topological polar surface area (TPSA) is 61.3 Å². The van der Waals surface area contributed by atoms with Crippen molar-refractivity contribution in [1.82, 2.24) is 4.98 Å². The van der Waals surface area contributed by atoms with Crippen LogP contribution in [0.5, 0.6) is 5.75 Å². The molecule has 4 nitrogen and oxygen atoms in total. The van der Waals surface area contributed by atoms with Crippen LogP contribution in [0.2, 0.25) is 5.02 Å². The van der Waals surface area contributed by atoms with Gasteiger partial charge in [0.1, 0.15) is 11.3 Å². The Hall–Kier alpha value is -1.72. The average molecular weight is 354 g/mol. The van der Waals surface area contributed by atoms with Gasteiger partial charge in [0.2, 0.25) is 5.89 Å². The molecule has 2 N–H and O–H groups in total. The molecule has 0 fully saturated rings. The minimum atomic E-state index is 0.231. The van der Waals surface area contributed by atoms with Crippen LogP contribution in [0, 0.1) is 0 Å². The zero-order valence-electron chi connectivity index (χ0n) is 10.3. The maximum absolute atomic E-state index is 5.87. The SMILES string of the molecule is Nc1ccc2oc(COc3ccc(Cl)cc3Br)nc2c1. The second kappa shape index (κ2) is 5.34. The van der Waals surface area contributed by atoms with Gasteiger partial charge in [-0.25, -0.2) is 4.98 Å². The van der Waals surface area contributed by atoms with Gasteiger partial charge in [-0.15, -0.1) is 0 Å². The van der Waals surface area contributed by atoms with Gasteiger partial charge in [0.05, 0.1) is 4.47 Å². The number of rotatable bonds is 3. The van der Waals surface area contributed by atoms with Crippen LogP contribution < -0.4 is 10.5 Å². The van der Waals surface area contributed by atoms with Gasteiger partial charge < -0.3 is 14.9 Å². The van der Waals surface area contributed by atoms with Crippen molar-refractivity contribution in [3.05, 3.63) is 51.8 Å². The zero-order valence-corrected chi connectivity index (χ0v) is 12.6. The van der Waals surface area contributed by atoms with Crippen molar-refractivity contribution in [3.63, 3.8) is 0 Å². The number of aromatic nitrogens is 1. The van der Waals surface area contributed by atoms with E-state index in [9.17, 15) is 0 Å². The Labute approximate surface area is 128 Å². The number of nitrogen functional groups attached to an aromatic ring is 1. The summed E-state index contributed by atoms with van der Waals surface area (Å²) in [6, 6.07) is 10.6. The van der Waals surface area contributed by atoms with E-state index in [1.165, 1.54) is 0 Å². The molecule has 1 heterocycles. The first-order valence-corrected chi connectivity index (χ1v) is 7.02. The molecular formula is C14H10BrClN2O2. The number of hydrogen-bond acceptors (Lipinski definition) is 4. The highest BCUT2D eigenvalue weighted by molar-refractivity contribution is 9.10. The maximum atomic E-state index is 5.87. The summed E-state index contributed by atoms with van der Waals surface area (Å²) >= 11 is 9.26. The summed E-state index contributed by atoms with van der Waals surface area (Å²) in [5, 5.41) is 0.640. The quantitative estimate of drug-likeness (QED) is 0.709. The first-order chi connectivity index (χ1) is 9.61. The van der Waals surface area contributed by atoms with Crippen molar-refractivity contribution in [2.24, 2.45) is 0 Å². The fraction of sp³-hybridized carbons (Fsp3) is 0.0714. The second-order valence-electron chi connectivity index (χ2n) is 4.20. The summed E-state index contributed by atoms with van der Waals surface area (Å²) in [5.41, 5.74) is 7.76. The molecule has 0 bridgehead atoms. The van der Waals surface area contributed by atoms with E-state index >= 15 is 0 Å².